The molecule has 2 rings (SSSR count). The van der Waals surface area contributed by atoms with E-state index >= 15 is 0 Å². The minimum atomic E-state index is 0.239. The SMILES string of the molecule is CC(C)Oc1ccc(C(C)(C)C2CCNCC2)cc1. The van der Waals surface area contributed by atoms with Gasteiger partial charge < -0.3 is 10.1 Å². The molecule has 0 bridgehead atoms. The van der Waals surface area contributed by atoms with Gasteiger partial charge in [0.15, 0.2) is 0 Å². The molecule has 2 heteroatoms. The maximum absolute atomic E-state index is 5.72. The summed E-state index contributed by atoms with van der Waals surface area (Å²) in [5.74, 6) is 1.74. The molecule has 0 radical (unpaired) electrons. The van der Waals surface area contributed by atoms with Crippen molar-refractivity contribution in [2.24, 2.45) is 5.92 Å². The Balaban J connectivity index is 2.11. The highest BCUT2D eigenvalue weighted by atomic mass is 16.5. The zero-order valence-electron chi connectivity index (χ0n) is 12.7. The van der Waals surface area contributed by atoms with Crippen molar-refractivity contribution in [2.75, 3.05) is 13.1 Å². The molecule has 1 fully saturated rings. The fourth-order valence-corrected chi connectivity index (χ4v) is 3.01. The van der Waals surface area contributed by atoms with Crippen LogP contribution in [0, 0.1) is 5.92 Å². The smallest absolute Gasteiger partial charge is 0.119 e. The van der Waals surface area contributed by atoms with Gasteiger partial charge in [0.05, 0.1) is 6.10 Å². The predicted molar refractivity (Wildman–Crippen MR) is 80.8 cm³/mol. The Morgan fingerprint density at radius 1 is 1.11 bits per heavy atom. The molecule has 1 aromatic carbocycles. The molecule has 1 aliphatic heterocycles. The maximum Gasteiger partial charge on any atom is 0.119 e. The largest absolute Gasteiger partial charge is 0.491 e. The van der Waals surface area contributed by atoms with Crippen LogP contribution in [0.1, 0.15) is 46.1 Å². The third kappa shape index (κ3) is 3.50. The van der Waals surface area contributed by atoms with Crippen molar-refractivity contribution in [2.45, 2.75) is 52.1 Å². The van der Waals surface area contributed by atoms with Gasteiger partial charge >= 0.3 is 0 Å². The van der Waals surface area contributed by atoms with Crippen molar-refractivity contribution < 1.29 is 4.74 Å². The first-order valence-electron chi connectivity index (χ1n) is 7.48. The van der Waals surface area contributed by atoms with Crippen LogP contribution in [0.4, 0.5) is 0 Å². The zero-order chi connectivity index (χ0) is 13.9. The molecule has 106 valence electrons. The lowest BCUT2D eigenvalue weighted by molar-refractivity contribution is 0.239. The van der Waals surface area contributed by atoms with Crippen LogP contribution in [-0.4, -0.2) is 19.2 Å². The van der Waals surface area contributed by atoms with Gasteiger partial charge in [0.1, 0.15) is 5.75 Å². The van der Waals surface area contributed by atoms with Crippen LogP contribution in [0.15, 0.2) is 24.3 Å². The van der Waals surface area contributed by atoms with Gasteiger partial charge in [-0.05, 0) is 68.8 Å². The van der Waals surface area contributed by atoms with Gasteiger partial charge in [-0.3, -0.25) is 0 Å². The Morgan fingerprint density at radius 3 is 2.21 bits per heavy atom. The fraction of sp³-hybridized carbons (Fsp3) is 0.647. The van der Waals surface area contributed by atoms with Gasteiger partial charge in [-0.15, -0.1) is 0 Å². The fourth-order valence-electron chi connectivity index (χ4n) is 3.01. The molecule has 1 heterocycles. The molecular weight excluding hydrogens is 234 g/mol. The van der Waals surface area contributed by atoms with E-state index in [-0.39, 0.29) is 11.5 Å². The molecule has 0 atom stereocenters. The molecule has 0 aromatic heterocycles. The third-order valence-electron chi connectivity index (χ3n) is 4.33. The molecule has 1 aliphatic rings. The number of ether oxygens (including phenoxy) is 1. The lowest BCUT2D eigenvalue weighted by Crippen LogP contribution is -2.38. The van der Waals surface area contributed by atoms with Crippen LogP contribution >= 0.6 is 0 Å². The summed E-state index contributed by atoms with van der Waals surface area (Å²) in [5, 5.41) is 3.45. The molecule has 0 spiro atoms. The molecule has 19 heavy (non-hydrogen) atoms. The summed E-state index contributed by atoms with van der Waals surface area (Å²) in [6.45, 7) is 11.2. The predicted octanol–water partition coefficient (Wildman–Crippen LogP) is 3.75. The monoisotopic (exact) mass is 261 g/mol. The van der Waals surface area contributed by atoms with Crippen LogP contribution in [0.2, 0.25) is 0 Å². The van der Waals surface area contributed by atoms with Gasteiger partial charge in [-0.2, -0.15) is 0 Å². The number of hydrogen-bond acceptors (Lipinski definition) is 2. The van der Waals surface area contributed by atoms with E-state index in [1.165, 1.54) is 18.4 Å². The van der Waals surface area contributed by atoms with Crippen molar-refractivity contribution in [3.8, 4) is 5.75 Å². The summed E-state index contributed by atoms with van der Waals surface area (Å²) >= 11 is 0. The van der Waals surface area contributed by atoms with Crippen molar-refractivity contribution in [3.63, 3.8) is 0 Å². The van der Waals surface area contributed by atoms with Gasteiger partial charge in [-0.25, -0.2) is 0 Å². The minimum Gasteiger partial charge on any atom is -0.491 e. The van der Waals surface area contributed by atoms with Crippen LogP contribution < -0.4 is 10.1 Å². The number of rotatable bonds is 4. The highest BCUT2D eigenvalue weighted by Gasteiger charge is 2.31. The van der Waals surface area contributed by atoms with E-state index < -0.39 is 0 Å². The summed E-state index contributed by atoms with van der Waals surface area (Å²) < 4.78 is 5.72. The standard InChI is InChI=1S/C17H27NO/c1-13(2)19-16-7-5-14(6-8-16)17(3,4)15-9-11-18-12-10-15/h5-8,13,15,18H,9-12H2,1-4H3. The van der Waals surface area contributed by atoms with Gasteiger partial charge in [-0.1, -0.05) is 26.0 Å². The summed E-state index contributed by atoms with van der Waals surface area (Å²) in [7, 11) is 0. The third-order valence-corrected chi connectivity index (χ3v) is 4.33. The first kappa shape index (κ1) is 14.4. The van der Waals surface area contributed by atoms with Gasteiger partial charge in [0, 0.05) is 0 Å². The zero-order valence-corrected chi connectivity index (χ0v) is 12.7. The van der Waals surface area contributed by atoms with E-state index in [4.69, 9.17) is 4.74 Å². The molecule has 0 amide bonds. The lowest BCUT2D eigenvalue weighted by Gasteiger charge is -2.38. The Bertz CT molecular complexity index is 388. The molecule has 0 aliphatic carbocycles. The highest BCUT2D eigenvalue weighted by Crippen LogP contribution is 2.37. The average Bonchev–Trinajstić information content (AvgIpc) is 2.40. The molecule has 0 saturated carbocycles. The quantitative estimate of drug-likeness (QED) is 0.891. The molecular formula is C17H27NO. The van der Waals surface area contributed by atoms with Gasteiger partial charge in [0.2, 0.25) is 0 Å². The van der Waals surface area contributed by atoms with E-state index in [1.54, 1.807) is 0 Å². The second-order valence-electron chi connectivity index (χ2n) is 6.44. The van der Waals surface area contributed by atoms with Crippen LogP contribution in [0.5, 0.6) is 5.75 Å². The second kappa shape index (κ2) is 5.96. The van der Waals surface area contributed by atoms with E-state index in [0.29, 0.717) is 0 Å². The normalized spacial score (nSPS) is 17.7. The van der Waals surface area contributed by atoms with E-state index in [1.807, 2.05) is 0 Å². The van der Waals surface area contributed by atoms with Crippen molar-refractivity contribution in [1.29, 1.82) is 0 Å². The van der Waals surface area contributed by atoms with Crippen LogP contribution in [0.3, 0.4) is 0 Å². The maximum atomic E-state index is 5.72. The van der Waals surface area contributed by atoms with E-state index in [2.05, 4.69) is 57.3 Å². The molecule has 2 nitrogen and oxygen atoms in total. The summed E-state index contributed by atoms with van der Waals surface area (Å²) in [6, 6.07) is 8.69. The minimum absolute atomic E-state index is 0.239. The molecule has 1 N–H and O–H groups in total. The Labute approximate surface area is 117 Å². The lowest BCUT2D eigenvalue weighted by atomic mass is 9.70. The Morgan fingerprint density at radius 2 is 1.68 bits per heavy atom. The number of piperidine rings is 1. The average molecular weight is 261 g/mol. The van der Waals surface area contributed by atoms with Gasteiger partial charge in [0.25, 0.3) is 0 Å². The Hall–Kier alpha value is -1.02. The van der Waals surface area contributed by atoms with Crippen molar-refractivity contribution in [3.05, 3.63) is 29.8 Å². The summed E-state index contributed by atoms with van der Waals surface area (Å²) in [4.78, 5) is 0. The number of nitrogens with one attached hydrogen (secondary N) is 1. The topological polar surface area (TPSA) is 21.3 Å². The number of benzene rings is 1. The van der Waals surface area contributed by atoms with Crippen LogP contribution in [0.25, 0.3) is 0 Å². The van der Waals surface area contributed by atoms with Crippen molar-refractivity contribution >= 4 is 0 Å². The second-order valence-corrected chi connectivity index (χ2v) is 6.44. The van der Waals surface area contributed by atoms with E-state index in [9.17, 15) is 0 Å². The number of hydrogen-bond donors (Lipinski definition) is 1. The summed E-state index contributed by atoms with van der Waals surface area (Å²) in [6.07, 6.45) is 2.79. The molecule has 1 aromatic rings. The highest BCUT2D eigenvalue weighted by molar-refractivity contribution is 5.32. The van der Waals surface area contributed by atoms with E-state index in [0.717, 1.165) is 24.8 Å². The Kier molecular flexibility index (Phi) is 4.51. The first-order valence-corrected chi connectivity index (χ1v) is 7.48. The molecule has 1 saturated heterocycles. The van der Waals surface area contributed by atoms with Crippen LogP contribution in [-0.2, 0) is 5.41 Å². The molecule has 0 unspecified atom stereocenters. The van der Waals surface area contributed by atoms with Crippen molar-refractivity contribution in [1.82, 2.24) is 5.32 Å². The summed E-state index contributed by atoms with van der Waals surface area (Å²) in [5.41, 5.74) is 1.67. The first-order chi connectivity index (χ1) is 9.00.